The minimum atomic E-state index is -0.380. The molecule has 0 saturated heterocycles. The highest BCUT2D eigenvalue weighted by atomic mass is 16.5. The third-order valence-corrected chi connectivity index (χ3v) is 3.33. The van der Waals surface area contributed by atoms with Crippen molar-refractivity contribution in [1.29, 1.82) is 0 Å². The Bertz CT molecular complexity index is 375. The Hall–Kier alpha value is -1.22. The molecule has 1 aliphatic carbocycles. The summed E-state index contributed by atoms with van der Waals surface area (Å²) in [6, 6.07) is 5.59. The van der Waals surface area contributed by atoms with Crippen molar-refractivity contribution in [3.05, 3.63) is 23.8 Å². The first-order valence-corrected chi connectivity index (χ1v) is 5.57. The highest BCUT2D eigenvalue weighted by molar-refractivity contribution is 5.43. The molecule has 16 heavy (non-hydrogen) atoms. The number of aliphatic hydroxyl groups excluding tert-OH is 1. The summed E-state index contributed by atoms with van der Waals surface area (Å²) in [5.74, 6) is 2.40. The quantitative estimate of drug-likeness (QED) is 0.850. The highest BCUT2D eigenvalue weighted by Gasteiger charge is 2.39. The van der Waals surface area contributed by atoms with E-state index in [1.807, 2.05) is 18.2 Å². The third kappa shape index (κ3) is 2.00. The highest BCUT2D eigenvalue weighted by Crippen LogP contribution is 2.47. The van der Waals surface area contributed by atoms with E-state index in [1.54, 1.807) is 14.2 Å². The van der Waals surface area contributed by atoms with Gasteiger partial charge in [0.15, 0.2) is 11.5 Å². The lowest BCUT2D eigenvalue weighted by Crippen LogP contribution is -2.02. The van der Waals surface area contributed by atoms with E-state index >= 15 is 0 Å². The largest absolute Gasteiger partial charge is 0.493 e. The van der Waals surface area contributed by atoms with E-state index in [4.69, 9.17) is 9.47 Å². The van der Waals surface area contributed by atoms with Crippen LogP contribution in [0.5, 0.6) is 11.5 Å². The van der Waals surface area contributed by atoms with E-state index in [0.717, 1.165) is 12.0 Å². The average Bonchev–Trinajstić information content (AvgIpc) is 3.04. The number of aliphatic hydroxyl groups is 1. The third-order valence-electron chi connectivity index (χ3n) is 3.33. The van der Waals surface area contributed by atoms with Gasteiger partial charge in [0.2, 0.25) is 0 Å². The standard InChI is InChI=1S/C13H18O3/c1-8-6-10(8)13(14)9-4-5-11(15-2)12(7-9)16-3/h4-5,7-8,10,13-14H,6H2,1-3H3. The summed E-state index contributed by atoms with van der Waals surface area (Å²) in [4.78, 5) is 0. The summed E-state index contributed by atoms with van der Waals surface area (Å²) in [6.45, 7) is 2.16. The summed E-state index contributed by atoms with van der Waals surface area (Å²) in [5, 5.41) is 10.1. The van der Waals surface area contributed by atoms with Gasteiger partial charge in [-0.1, -0.05) is 13.0 Å². The van der Waals surface area contributed by atoms with Crippen LogP contribution >= 0.6 is 0 Å². The Morgan fingerprint density at radius 1 is 1.25 bits per heavy atom. The van der Waals surface area contributed by atoms with Gasteiger partial charge in [-0.2, -0.15) is 0 Å². The summed E-state index contributed by atoms with van der Waals surface area (Å²) < 4.78 is 10.4. The first-order chi connectivity index (χ1) is 7.67. The van der Waals surface area contributed by atoms with Gasteiger partial charge in [0.25, 0.3) is 0 Å². The van der Waals surface area contributed by atoms with E-state index in [2.05, 4.69) is 6.92 Å². The van der Waals surface area contributed by atoms with Crippen molar-refractivity contribution in [2.45, 2.75) is 19.4 Å². The number of hydrogen-bond acceptors (Lipinski definition) is 3. The second kappa shape index (κ2) is 4.34. The zero-order valence-corrected chi connectivity index (χ0v) is 9.93. The van der Waals surface area contributed by atoms with E-state index in [-0.39, 0.29) is 6.10 Å². The van der Waals surface area contributed by atoms with Crippen LogP contribution in [0, 0.1) is 11.8 Å². The maximum absolute atomic E-state index is 10.1. The van der Waals surface area contributed by atoms with E-state index in [1.165, 1.54) is 0 Å². The zero-order valence-electron chi connectivity index (χ0n) is 9.93. The molecule has 0 spiro atoms. The molecule has 88 valence electrons. The lowest BCUT2D eigenvalue weighted by molar-refractivity contribution is 0.147. The molecule has 1 fully saturated rings. The van der Waals surface area contributed by atoms with Crippen LogP contribution in [0.25, 0.3) is 0 Å². The first-order valence-electron chi connectivity index (χ1n) is 5.57. The number of hydrogen-bond donors (Lipinski definition) is 1. The predicted molar refractivity (Wildman–Crippen MR) is 61.8 cm³/mol. The molecule has 0 amide bonds. The fourth-order valence-corrected chi connectivity index (χ4v) is 2.07. The van der Waals surface area contributed by atoms with Gasteiger partial charge in [-0.3, -0.25) is 0 Å². The minimum absolute atomic E-state index is 0.380. The molecule has 3 unspecified atom stereocenters. The van der Waals surface area contributed by atoms with Crippen molar-refractivity contribution in [3.63, 3.8) is 0 Å². The molecule has 0 bridgehead atoms. The Morgan fingerprint density at radius 2 is 1.88 bits per heavy atom. The molecule has 1 aromatic carbocycles. The number of rotatable bonds is 4. The molecule has 1 saturated carbocycles. The zero-order chi connectivity index (χ0) is 11.7. The summed E-state index contributed by atoms with van der Waals surface area (Å²) >= 11 is 0. The maximum Gasteiger partial charge on any atom is 0.161 e. The molecule has 0 radical (unpaired) electrons. The lowest BCUT2D eigenvalue weighted by atomic mass is 10.0. The van der Waals surface area contributed by atoms with Gasteiger partial charge in [-0.15, -0.1) is 0 Å². The second-order valence-electron chi connectivity index (χ2n) is 4.44. The van der Waals surface area contributed by atoms with Gasteiger partial charge < -0.3 is 14.6 Å². The number of methoxy groups -OCH3 is 2. The topological polar surface area (TPSA) is 38.7 Å². The van der Waals surface area contributed by atoms with Crippen LogP contribution in [0.4, 0.5) is 0 Å². The summed E-state index contributed by atoms with van der Waals surface area (Å²) in [5.41, 5.74) is 0.909. The van der Waals surface area contributed by atoms with Crippen LogP contribution in [-0.4, -0.2) is 19.3 Å². The fourth-order valence-electron chi connectivity index (χ4n) is 2.07. The van der Waals surface area contributed by atoms with Gasteiger partial charge in [-0.05, 0) is 36.0 Å². The smallest absolute Gasteiger partial charge is 0.161 e. The van der Waals surface area contributed by atoms with E-state index in [9.17, 15) is 5.11 Å². The Kier molecular flexibility index (Phi) is 3.06. The van der Waals surface area contributed by atoms with Gasteiger partial charge in [0, 0.05) is 0 Å². The van der Waals surface area contributed by atoms with Crippen LogP contribution in [0.1, 0.15) is 25.0 Å². The fraction of sp³-hybridized carbons (Fsp3) is 0.538. The maximum atomic E-state index is 10.1. The van der Waals surface area contributed by atoms with Crippen molar-refractivity contribution in [3.8, 4) is 11.5 Å². The molecule has 0 heterocycles. The summed E-state index contributed by atoms with van der Waals surface area (Å²) in [6.07, 6.45) is 0.727. The molecule has 1 aromatic rings. The first kappa shape index (κ1) is 11.3. The van der Waals surface area contributed by atoms with Gasteiger partial charge >= 0.3 is 0 Å². The van der Waals surface area contributed by atoms with Crippen LogP contribution in [0.2, 0.25) is 0 Å². The normalized spacial score (nSPS) is 25.0. The molecule has 3 heteroatoms. The van der Waals surface area contributed by atoms with Crippen molar-refractivity contribution in [2.24, 2.45) is 11.8 Å². The average molecular weight is 222 g/mol. The molecule has 2 rings (SSSR count). The minimum Gasteiger partial charge on any atom is -0.493 e. The van der Waals surface area contributed by atoms with Crippen LogP contribution in [0.15, 0.2) is 18.2 Å². The van der Waals surface area contributed by atoms with Crippen LogP contribution < -0.4 is 9.47 Å². The van der Waals surface area contributed by atoms with Crippen molar-refractivity contribution in [1.82, 2.24) is 0 Å². The van der Waals surface area contributed by atoms with Gasteiger partial charge in [-0.25, -0.2) is 0 Å². The van der Waals surface area contributed by atoms with E-state index in [0.29, 0.717) is 23.3 Å². The second-order valence-corrected chi connectivity index (χ2v) is 4.44. The number of benzene rings is 1. The Morgan fingerprint density at radius 3 is 2.38 bits per heavy atom. The molecule has 3 atom stereocenters. The molecule has 0 aliphatic heterocycles. The molecule has 0 aromatic heterocycles. The number of ether oxygens (including phenoxy) is 2. The summed E-state index contributed by atoms with van der Waals surface area (Å²) in [7, 11) is 3.21. The van der Waals surface area contributed by atoms with Crippen molar-refractivity contribution in [2.75, 3.05) is 14.2 Å². The molecular formula is C13H18O3. The monoisotopic (exact) mass is 222 g/mol. The lowest BCUT2D eigenvalue weighted by Gasteiger charge is -2.13. The van der Waals surface area contributed by atoms with Crippen LogP contribution in [0.3, 0.4) is 0 Å². The Balaban J connectivity index is 2.21. The SMILES string of the molecule is COc1ccc(C(O)C2CC2C)cc1OC. The Labute approximate surface area is 96.0 Å². The van der Waals surface area contributed by atoms with E-state index < -0.39 is 0 Å². The van der Waals surface area contributed by atoms with Crippen molar-refractivity contribution < 1.29 is 14.6 Å². The van der Waals surface area contributed by atoms with Gasteiger partial charge in [0.05, 0.1) is 20.3 Å². The molecular weight excluding hydrogens is 204 g/mol. The molecule has 3 nitrogen and oxygen atoms in total. The van der Waals surface area contributed by atoms with Crippen molar-refractivity contribution >= 4 is 0 Å². The molecule has 1 aliphatic rings. The molecule has 1 N–H and O–H groups in total. The van der Waals surface area contributed by atoms with Crippen LogP contribution in [-0.2, 0) is 0 Å². The van der Waals surface area contributed by atoms with Gasteiger partial charge in [0.1, 0.15) is 0 Å². The predicted octanol–water partition coefficient (Wildman–Crippen LogP) is 2.39.